The molecule has 1 saturated carbocycles. The van der Waals surface area contributed by atoms with Gasteiger partial charge in [-0.3, -0.25) is 4.90 Å². The van der Waals surface area contributed by atoms with Gasteiger partial charge in [-0.1, -0.05) is 6.92 Å². The van der Waals surface area contributed by atoms with Crippen molar-refractivity contribution in [1.82, 2.24) is 4.90 Å². The summed E-state index contributed by atoms with van der Waals surface area (Å²) in [6.07, 6.45) is 4.54. The fourth-order valence-electron chi connectivity index (χ4n) is 3.70. The summed E-state index contributed by atoms with van der Waals surface area (Å²) in [5, 5.41) is 0. The molecule has 2 heterocycles. The van der Waals surface area contributed by atoms with E-state index < -0.39 is 0 Å². The van der Waals surface area contributed by atoms with Crippen molar-refractivity contribution in [3.05, 3.63) is 0 Å². The summed E-state index contributed by atoms with van der Waals surface area (Å²) in [5.41, 5.74) is 0. The molecule has 0 amide bonds. The van der Waals surface area contributed by atoms with Crippen molar-refractivity contribution in [2.24, 2.45) is 17.8 Å². The minimum atomic E-state index is 1.02. The van der Waals surface area contributed by atoms with Crippen LogP contribution in [-0.2, 0) is 0 Å². The Hall–Kier alpha value is -0.0400. The van der Waals surface area contributed by atoms with Crippen LogP contribution in [-0.4, -0.2) is 24.0 Å². The molecule has 5 unspecified atom stereocenters. The minimum Gasteiger partial charge on any atom is -0.300 e. The average Bonchev–Trinajstić information content (AvgIpc) is 2.53. The zero-order valence-electron chi connectivity index (χ0n) is 7.29. The molecule has 2 saturated heterocycles. The molecule has 3 fully saturated rings. The first kappa shape index (κ1) is 6.47. The molecular formula is C10H17N. The molecule has 1 heteroatoms. The Morgan fingerprint density at radius 2 is 2.18 bits per heavy atom. The van der Waals surface area contributed by atoms with E-state index in [-0.39, 0.29) is 0 Å². The van der Waals surface area contributed by atoms with Gasteiger partial charge in [0.15, 0.2) is 0 Å². The molecule has 0 aromatic carbocycles. The number of hydrogen-bond acceptors (Lipinski definition) is 1. The van der Waals surface area contributed by atoms with Gasteiger partial charge in [0, 0.05) is 12.6 Å². The van der Waals surface area contributed by atoms with Crippen LogP contribution in [0.3, 0.4) is 0 Å². The van der Waals surface area contributed by atoms with Crippen LogP contribution in [0.15, 0.2) is 0 Å². The quantitative estimate of drug-likeness (QED) is 0.509. The lowest BCUT2D eigenvalue weighted by Crippen LogP contribution is -2.31. The van der Waals surface area contributed by atoms with Gasteiger partial charge in [0.1, 0.15) is 0 Å². The number of piperidine rings is 1. The van der Waals surface area contributed by atoms with E-state index in [9.17, 15) is 0 Å². The Balaban J connectivity index is 1.87. The molecule has 3 aliphatic rings. The highest BCUT2D eigenvalue weighted by atomic mass is 15.2. The van der Waals surface area contributed by atoms with Crippen LogP contribution in [0.2, 0.25) is 0 Å². The SMILES string of the molecule is CC1CC2C3CCN(C3)C2C1. The topological polar surface area (TPSA) is 3.24 Å². The van der Waals surface area contributed by atoms with E-state index in [1.165, 1.54) is 32.4 Å². The zero-order valence-corrected chi connectivity index (χ0v) is 7.29. The van der Waals surface area contributed by atoms with E-state index in [1.807, 2.05) is 0 Å². The summed E-state index contributed by atoms with van der Waals surface area (Å²) in [7, 11) is 0. The molecule has 11 heavy (non-hydrogen) atoms. The molecule has 0 N–H and O–H groups in total. The van der Waals surface area contributed by atoms with Gasteiger partial charge >= 0.3 is 0 Å². The van der Waals surface area contributed by atoms with E-state index in [4.69, 9.17) is 0 Å². The summed E-state index contributed by atoms with van der Waals surface area (Å²) >= 11 is 0. The van der Waals surface area contributed by atoms with Crippen LogP contribution >= 0.6 is 0 Å². The van der Waals surface area contributed by atoms with Crippen molar-refractivity contribution in [3.8, 4) is 0 Å². The van der Waals surface area contributed by atoms with Crippen LogP contribution in [0.1, 0.15) is 26.2 Å². The van der Waals surface area contributed by atoms with Crippen LogP contribution in [0.5, 0.6) is 0 Å². The second kappa shape index (κ2) is 2.01. The van der Waals surface area contributed by atoms with E-state index in [1.54, 1.807) is 0 Å². The molecule has 62 valence electrons. The highest BCUT2D eigenvalue weighted by Crippen LogP contribution is 2.48. The molecule has 0 aromatic heterocycles. The first-order chi connectivity index (χ1) is 5.34. The molecule has 2 bridgehead atoms. The lowest BCUT2D eigenvalue weighted by molar-refractivity contribution is 0.225. The molecule has 0 spiro atoms. The largest absolute Gasteiger partial charge is 0.300 e. The molecule has 1 aliphatic carbocycles. The monoisotopic (exact) mass is 151 g/mol. The van der Waals surface area contributed by atoms with Crippen LogP contribution < -0.4 is 0 Å². The molecule has 0 radical (unpaired) electrons. The zero-order chi connectivity index (χ0) is 7.42. The molecule has 3 rings (SSSR count). The lowest BCUT2D eigenvalue weighted by atomic mass is 9.88. The molecule has 1 nitrogen and oxygen atoms in total. The van der Waals surface area contributed by atoms with Gasteiger partial charge in [-0.05, 0) is 43.6 Å². The maximum Gasteiger partial charge on any atom is 0.0129 e. The van der Waals surface area contributed by atoms with Gasteiger partial charge in [0.25, 0.3) is 0 Å². The summed E-state index contributed by atoms with van der Waals surface area (Å²) < 4.78 is 0. The number of rotatable bonds is 0. The standard InChI is InChI=1S/C10H17N/c1-7-4-9-8-2-3-11(6-8)10(9)5-7/h7-10H,2-6H2,1H3. The first-order valence-corrected chi connectivity index (χ1v) is 5.08. The number of fused-ring (bicyclic) bond motifs is 5. The van der Waals surface area contributed by atoms with Crippen molar-refractivity contribution in [1.29, 1.82) is 0 Å². The van der Waals surface area contributed by atoms with E-state index >= 15 is 0 Å². The third kappa shape index (κ3) is 0.752. The lowest BCUT2D eigenvalue weighted by Gasteiger charge is -2.25. The summed E-state index contributed by atoms with van der Waals surface area (Å²) in [4.78, 5) is 2.75. The maximum atomic E-state index is 2.75. The highest BCUT2D eigenvalue weighted by Gasteiger charge is 2.49. The van der Waals surface area contributed by atoms with Gasteiger partial charge in [0.05, 0.1) is 0 Å². The van der Waals surface area contributed by atoms with Crippen LogP contribution in [0.4, 0.5) is 0 Å². The van der Waals surface area contributed by atoms with E-state index in [2.05, 4.69) is 11.8 Å². The maximum absolute atomic E-state index is 2.75. The van der Waals surface area contributed by atoms with Crippen LogP contribution in [0, 0.1) is 17.8 Å². The predicted molar refractivity (Wildman–Crippen MR) is 45.4 cm³/mol. The molecule has 0 aromatic rings. The summed E-state index contributed by atoms with van der Waals surface area (Å²) in [6, 6.07) is 1.02. The van der Waals surface area contributed by atoms with Crippen molar-refractivity contribution in [3.63, 3.8) is 0 Å². The van der Waals surface area contributed by atoms with Crippen molar-refractivity contribution >= 4 is 0 Å². The fraction of sp³-hybridized carbons (Fsp3) is 1.00. The third-order valence-corrected chi connectivity index (χ3v) is 4.14. The normalized spacial score (nSPS) is 60.3. The fourth-order valence-corrected chi connectivity index (χ4v) is 3.70. The first-order valence-electron chi connectivity index (χ1n) is 5.08. The number of hydrogen-bond donors (Lipinski definition) is 0. The van der Waals surface area contributed by atoms with Gasteiger partial charge in [-0.2, -0.15) is 0 Å². The van der Waals surface area contributed by atoms with Gasteiger partial charge < -0.3 is 0 Å². The van der Waals surface area contributed by atoms with Gasteiger partial charge in [0.2, 0.25) is 0 Å². The van der Waals surface area contributed by atoms with Crippen molar-refractivity contribution in [2.45, 2.75) is 32.2 Å². The van der Waals surface area contributed by atoms with Crippen molar-refractivity contribution < 1.29 is 0 Å². The second-order valence-corrected chi connectivity index (χ2v) is 4.85. The van der Waals surface area contributed by atoms with Crippen molar-refractivity contribution in [2.75, 3.05) is 13.1 Å². The average molecular weight is 151 g/mol. The Morgan fingerprint density at radius 1 is 1.27 bits per heavy atom. The molecular weight excluding hydrogens is 134 g/mol. The van der Waals surface area contributed by atoms with Gasteiger partial charge in [-0.15, -0.1) is 0 Å². The second-order valence-electron chi connectivity index (χ2n) is 4.85. The molecule has 2 aliphatic heterocycles. The predicted octanol–water partition coefficient (Wildman–Crippen LogP) is 1.74. The number of nitrogens with zero attached hydrogens (tertiary/aromatic N) is 1. The molecule has 5 atom stereocenters. The van der Waals surface area contributed by atoms with E-state index in [0.717, 1.165) is 23.8 Å². The van der Waals surface area contributed by atoms with E-state index in [0.29, 0.717) is 0 Å². The van der Waals surface area contributed by atoms with Crippen LogP contribution in [0.25, 0.3) is 0 Å². The Bertz CT molecular complexity index is 160. The Labute approximate surface area is 68.8 Å². The third-order valence-electron chi connectivity index (χ3n) is 4.14. The Morgan fingerprint density at radius 3 is 3.00 bits per heavy atom. The summed E-state index contributed by atoms with van der Waals surface area (Å²) in [6.45, 7) is 5.29. The smallest absolute Gasteiger partial charge is 0.0129 e. The van der Waals surface area contributed by atoms with Gasteiger partial charge in [-0.25, -0.2) is 0 Å². The highest BCUT2D eigenvalue weighted by molar-refractivity contribution is 5.02. The Kier molecular flexibility index (Phi) is 1.18. The minimum absolute atomic E-state index is 1.02. The summed E-state index contributed by atoms with van der Waals surface area (Å²) in [5.74, 6) is 3.23.